The van der Waals surface area contributed by atoms with Crippen molar-refractivity contribution in [2.45, 2.75) is 11.1 Å². The van der Waals surface area contributed by atoms with E-state index in [1.54, 1.807) is 42.5 Å². The molecule has 2 aromatic carbocycles. The Hall–Kier alpha value is -4.39. The van der Waals surface area contributed by atoms with Crippen LogP contribution in [0.2, 0.25) is 0 Å². The lowest BCUT2D eigenvalue weighted by Gasteiger charge is -2.09. The molecule has 0 atom stereocenters. The first-order valence-electron chi connectivity index (χ1n) is 11.2. The summed E-state index contributed by atoms with van der Waals surface area (Å²) >= 11 is 0. The van der Waals surface area contributed by atoms with Crippen LogP contribution in [-0.4, -0.2) is 55.1 Å². The van der Waals surface area contributed by atoms with E-state index in [0.29, 0.717) is 10.9 Å². The number of halogens is 3. The molecule has 0 aliphatic carbocycles. The van der Waals surface area contributed by atoms with Crippen LogP contribution in [0.3, 0.4) is 0 Å². The molecule has 2 N–H and O–H groups in total. The summed E-state index contributed by atoms with van der Waals surface area (Å²) in [5.74, 6) is -1.37. The average molecular weight is 547 g/mol. The molecule has 2 aromatic heterocycles. The highest BCUT2D eigenvalue weighted by atomic mass is 32.2. The molecule has 13 heteroatoms. The average Bonchev–Trinajstić information content (AvgIpc) is 3.31. The zero-order valence-corrected chi connectivity index (χ0v) is 20.4. The van der Waals surface area contributed by atoms with Gasteiger partial charge in [-0.2, -0.15) is 13.2 Å². The van der Waals surface area contributed by atoms with Crippen LogP contribution < -0.4 is 15.4 Å². The number of aromatic nitrogens is 2. The van der Waals surface area contributed by atoms with Crippen LogP contribution in [-0.2, 0) is 10.0 Å². The fourth-order valence-corrected chi connectivity index (χ4v) is 4.93. The topological polar surface area (TPSA) is 119 Å². The maximum Gasteiger partial charge on any atom is 0.422 e. The Balaban J connectivity index is 1.38. The van der Waals surface area contributed by atoms with Gasteiger partial charge < -0.3 is 15.4 Å². The summed E-state index contributed by atoms with van der Waals surface area (Å²) in [7, 11) is -3.95. The first-order valence-corrected chi connectivity index (χ1v) is 12.6. The van der Waals surface area contributed by atoms with Gasteiger partial charge in [0, 0.05) is 36.9 Å². The Morgan fingerprint density at radius 2 is 1.55 bits per heavy atom. The Labute approximate surface area is 215 Å². The van der Waals surface area contributed by atoms with Gasteiger partial charge in [-0.05, 0) is 24.3 Å². The lowest BCUT2D eigenvalue weighted by Crippen LogP contribution is -2.34. The van der Waals surface area contributed by atoms with E-state index in [1.807, 2.05) is 0 Å². The molecule has 38 heavy (non-hydrogen) atoms. The number of hydrogen-bond acceptors (Lipinski definition) is 6. The molecule has 0 spiro atoms. The molecular formula is C25H21F3N4O5S. The minimum atomic E-state index is -4.51. The molecular weight excluding hydrogens is 525 g/mol. The summed E-state index contributed by atoms with van der Waals surface area (Å²) in [6, 6.07) is 16.8. The molecule has 0 saturated carbocycles. The molecule has 0 fully saturated rings. The second kappa shape index (κ2) is 10.9. The normalized spacial score (nSPS) is 11.8. The third kappa shape index (κ3) is 6.11. The fraction of sp³-hybridized carbons (Fsp3) is 0.160. The number of para-hydroxylation sites is 1. The van der Waals surface area contributed by atoms with Gasteiger partial charge in [0.25, 0.3) is 21.8 Å². The van der Waals surface area contributed by atoms with Gasteiger partial charge in [-0.1, -0.05) is 36.4 Å². The number of carbonyl (C=O) groups is 2. The first kappa shape index (κ1) is 26.7. The van der Waals surface area contributed by atoms with Crippen molar-refractivity contribution in [2.24, 2.45) is 0 Å². The van der Waals surface area contributed by atoms with Crippen LogP contribution >= 0.6 is 0 Å². The van der Waals surface area contributed by atoms with E-state index in [-0.39, 0.29) is 35.0 Å². The molecule has 9 nitrogen and oxygen atoms in total. The van der Waals surface area contributed by atoms with Crippen LogP contribution in [0.5, 0.6) is 5.88 Å². The van der Waals surface area contributed by atoms with Crippen molar-refractivity contribution in [3.05, 3.63) is 90.3 Å². The molecule has 0 aliphatic rings. The molecule has 0 bridgehead atoms. The highest BCUT2D eigenvalue weighted by Crippen LogP contribution is 2.26. The zero-order valence-electron chi connectivity index (χ0n) is 19.6. The molecule has 0 aliphatic heterocycles. The number of hydrogen-bond donors (Lipinski definition) is 2. The molecule has 198 valence electrons. The highest BCUT2D eigenvalue weighted by Gasteiger charge is 2.28. The van der Waals surface area contributed by atoms with Crippen LogP contribution in [0, 0.1) is 0 Å². The summed E-state index contributed by atoms with van der Waals surface area (Å²) in [5.41, 5.74) is 0.569. The number of ether oxygens (including phenoxy) is 1. The number of amides is 2. The summed E-state index contributed by atoms with van der Waals surface area (Å²) in [4.78, 5) is 28.9. The van der Waals surface area contributed by atoms with Gasteiger partial charge >= 0.3 is 6.18 Å². The van der Waals surface area contributed by atoms with Crippen molar-refractivity contribution < 1.29 is 35.9 Å². The third-order valence-corrected chi connectivity index (χ3v) is 6.99. The van der Waals surface area contributed by atoms with E-state index in [4.69, 9.17) is 0 Å². The zero-order chi connectivity index (χ0) is 27.3. The molecule has 0 radical (unpaired) electrons. The van der Waals surface area contributed by atoms with E-state index < -0.39 is 34.6 Å². The SMILES string of the molecule is O=C(NCCNC(=O)c1cn(S(=O)(=O)c2ccccc2)c2ccccc12)c1ccc(OCC(F)(F)F)nc1. The van der Waals surface area contributed by atoms with Crippen molar-refractivity contribution in [3.63, 3.8) is 0 Å². The Bertz CT molecular complexity index is 1550. The summed E-state index contributed by atoms with van der Waals surface area (Å²) in [6.45, 7) is -1.45. The van der Waals surface area contributed by atoms with Crippen LogP contribution in [0.15, 0.2) is 84.0 Å². The Morgan fingerprint density at radius 3 is 2.21 bits per heavy atom. The molecule has 2 heterocycles. The van der Waals surface area contributed by atoms with E-state index >= 15 is 0 Å². The lowest BCUT2D eigenvalue weighted by molar-refractivity contribution is -0.154. The lowest BCUT2D eigenvalue weighted by atomic mass is 10.1. The first-order chi connectivity index (χ1) is 18.1. The van der Waals surface area contributed by atoms with Crippen molar-refractivity contribution in [2.75, 3.05) is 19.7 Å². The Morgan fingerprint density at radius 1 is 0.895 bits per heavy atom. The van der Waals surface area contributed by atoms with Crippen molar-refractivity contribution in [1.29, 1.82) is 0 Å². The fourth-order valence-electron chi connectivity index (χ4n) is 3.54. The Kier molecular flexibility index (Phi) is 7.67. The van der Waals surface area contributed by atoms with Crippen LogP contribution in [0.4, 0.5) is 13.2 Å². The summed E-state index contributed by atoms with van der Waals surface area (Å²) < 4.78 is 68.5. The standard InChI is InChI=1S/C25H21F3N4O5S/c26-25(27,28)16-37-22-11-10-17(14-31-22)23(33)29-12-13-30-24(34)20-15-32(21-9-5-4-8-19(20)21)38(35,36)18-6-2-1-3-7-18/h1-11,14-15H,12-13,16H2,(H,29,33)(H,30,34). The summed E-state index contributed by atoms with van der Waals surface area (Å²) in [6.07, 6.45) is -2.18. The van der Waals surface area contributed by atoms with Gasteiger partial charge in [-0.15, -0.1) is 0 Å². The number of carbonyl (C=O) groups excluding carboxylic acids is 2. The predicted octanol–water partition coefficient (Wildman–Crippen LogP) is 3.37. The number of rotatable bonds is 9. The van der Waals surface area contributed by atoms with Gasteiger partial charge in [0.05, 0.1) is 21.5 Å². The van der Waals surface area contributed by atoms with Crippen molar-refractivity contribution in [3.8, 4) is 5.88 Å². The monoisotopic (exact) mass is 546 g/mol. The summed E-state index contributed by atoms with van der Waals surface area (Å²) in [5, 5.41) is 5.63. The van der Waals surface area contributed by atoms with E-state index in [9.17, 15) is 31.2 Å². The number of benzene rings is 2. The predicted molar refractivity (Wildman–Crippen MR) is 131 cm³/mol. The van der Waals surface area contributed by atoms with Gasteiger partial charge in [0.1, 0.15) is 0 Å². The molecule has 0 saturated heterocycles. The smallest absolute Gasteiger partial charge is 0.422 e. The largest absolute Gasteiger partial charge is 0.468 e. The quantitative estimate of drug-likeness (QED) is 0.311. The van der Waals surface area contributed by atoms with Crippen molar-refractivity contribution in [1.82, 2.24) is 19.6 Å². The number of pyridine rings is 1. The van der Waals surface area contributed by atoms with E-state index in [1.165, 1.54) is 24.4 Å². The maximum absolute atomic E-state index is 13.2. The minimum absolute atomic E-state index is 0.0235. The van der Waals surface area contributed by atoms with E-state index in [2.05, 4.69) is 20.4 Å². The van der Waals surface area contributed by atoms with Gasteiger partial charge in [-0.3, -0.25) is 9.59 Å². The molecule has 4 rings (SSSR count). The van der Waals surface area contributed by atoms with Crippen LogP contribution in [0.1, 0.15) is 20.7 Å². The van der Waals surface area contributed by atoms with Gasteiger partial charge in [-0.25, -0.2) is 17.4 Å². The number of nitrogens with one attached hydrogen (secondary N) is 2. The van der Waals surface area contributed by atoms with Gasteiger partial charge in [0.2, 0.25) is 5.88 Å². The maximum atomic E-state index is 13.2. The van der Waals surface area contributed by atoms with E-state index in [0.717, 1.165) is 16.2 Å². The van der Waals surface area contributed by atoms with Crippen molar-refractivity contribution >= 4 is 32.7 Å². The number of fused-ring (bicyclic) bond motifs is 1. The van der Waals surface area contributed by atoms with Gasteiger partial charge in [0.15, 0.2) is 6.61 Å². The molecule has 4 aromatic rings. The minimum Gasteiger partial charge on any atom is -0.468 e. The number of nitrogens with zero attached hydrogens (tertiary/aromatic N) is 2. The van der Waals surface area contributed by atoms with Crippen LogP contribution in [0.25, 0.3) is 10.9 Å². The third-order valence-electron chi connectivity index (χ3n) is 5.30. The number of alkyl halides is 3. The molecule has 0 unspecified atom stereocenters. The second-order valence-electron chi connectivity index (χ2n) is 7.97. The highest BCUT2D eigenvalue weighted by molar-refractivity contribution is 7.90. The molecule has 2 amide bonds. The second-order valence-corrected chi connectivity index (χ2v) is 9.79.